The summed E-state index contributed by atoms with van der Waals surface area (Å²) in [6.45, 7) is -0.205. The Kier molecular flexibility index (Phi) is 4.72. The van der Waals surface area contributed by atoms with Crippen molar-refractivity contribution in [3.05, 3.63) is 29.3 Å². The van der Waals surface area contributed by atoms with Crippen LogP contribution in [-0.4, -0.2) is 12.1 Å². The van der Waals surface area contributed by atoms with Crippen molar-refractivity contribution >= 4 is 11.7 Å². The predicted octanol–water partition coefficient (Wildman–Crippen LogP) is 3.23. The maximum absolute atomic E-state index is 12.9. The maximum Gasteiger partial charge on any atom is 0.416 e. The maximum atomic E-state index is 12.9. The van der Waals surface area contributed by atoms with Crippen molar-refractivity contribution in [3.8, 4) is 0 Å². The zero-order valence-corrected chi connectivity index (χ0v) is 11.5. The third kappa shape index (κ3) is 4.10. The molecule has 0 radical (unpaired) electrons. The van der Waals surface area contributed by atoms with Gasteiger partial charge in [-0.25, -0.2) is 4.79 Å². The molecule has 7 heteroatoms. The second-order valence-electron chi connectivity index (χ2n) is 5.15. The van der Waals surface area contributed by atoms with Crippen LogP contribution in [0.3, 0.4) is 0 Å². The Bertz CT molecular complexity index is 511. The number of carbonyl (C=O) groups is 1. The number of carbonyl (C=O) groups excluding carboxylic acids is 1. The number of amides is 2. The van der Waals surface area contributed by atoms with Crippen LogP contribution in [0.2, 0.25) is 0 Å². The minimum Gasteiger partial charge on any atom is -0.335 e. The highest BCUT2D eigenvalue weighted by Crippen LogP contribution is 2.33. The van der Waals surface area contributed by atoms with Gasteiger partial charge in [0.2, 0.25) is 0 Å². The van der Waals surface area contributed by atoms with E-state index in [1.807, 2.05) is 0 Å². The van der Waals surface area contributed by atoms with E-state index in [1.165, 1.54) is 12.1 Å². The van der Waals surface area contributed by atoms with E-state index in [0.29, 0.717) is 0 Å². The Balaban J connectivity index is 2.07. The van der Waals surface area contributed by atoms with Crippen molar-refractivity contribution in [2.75, 3.05) is 5.32 Å². The molecule has 116 valence electrons. The smallest absolute Gasteiger partial charge is 0.335 e. The van der Waals surface area contributed by atoms with Gasteiger partial charge in [0.1, 0.15) is 0 Å². The molecule has 4 nitrogen and oxygen atoms in total. The van der Waals surface area contributed by atoms with E-state index in [9.17, 15) is 18.0 Å². The Hall–Kier alpha value is -1.76. The lowest BCUT2D eigenvalue weighted by molar-refractivity contribution is -0.138. The molecule has 1 saturated carbocycles. The lowest BCUT2D eigenvalue weighted by atomic mass is 10.1. The van der Waals surface area contributed by atoms with Gasteiger partial charge in [-0.1, -0.05) is 18.9 Å². The molecular formula is C14H18F3N3O. The largest absolute Gasteiger partial charge is 0.416 e. The second kappa shape index (κ2) is 6.34. The molecule has 1 aromatic rings. The average molecular weight is 301 g/mol. The molecule has 2 amide bonds. The van der Waals surface area contributed by atoms with Gasteiger partial charge in [0.25, 0.3) is 0 Å². The number of urea groups is 1. The SMILES string of the molecule is NCc1ccc(NC(=O)NC2CCCC2)cc1C(F)(F)F. The van der Waals surface area contributed by atoms with Gasteiger partial charge < -0.3 is 16.4 Å². The van der Waals surface area contributed by atoms with Crippen LogP contribution in [0.1, 0.15) is 36.8 Å². The highest BCUT2D eigenvalue weighted by Gasteiger charge is 2.33. The lowest BCUT2D eigenvalue weighted by Gasteiger charge is -2.16. The van der Waals surface area contributed by atoms with Crippen molar-refractivity contribution in [2.45, 2.75) is 44.4 Å². The molecule has 0 aromatic heterocycles. The van der Waals surface area contributed by atoms with Crippen LogP contribution >= 0.6 is 0 Å². The molecule has 0 atom stereocenters. The van der Waals surface area contributed by atoms with Crippen molar-refractivity contribution < 1.29 is 18.0 Å². The van der Waals surface area contributed by atoms with Crippen LogP contribution in [0.4, 0.5) is 23.7 Å². The summed E-state index contributed by atoms with van der Waals surface area (Å²) in [7, 11) is 0. The van der Waals surface area contributed by atoms with Gasteiger partial charge in [-0.05, 0) is 30.5 Å². The van der Waals surface area contributed by atoms with Crippen LogP contribution in [0.25, 0.3) is 0 Å². The number of hydrogen-bond donors (Lipinski definition) is 3. The van der Waals surface area contributed by atoms with E-state index in [0.717, 1.165) is 31.7 Å². The highest BCUT2D eigenvalue weighted by atomic mass is 19.4. The molecule has 0 bridgehead atoms. The first-order valence-electron chi connectivity index (χ1n) is 6.88. The number of hydrogen-bond acceptors (Lipinski definition) is 2. The van der Waals surface area contributed by atoms with Crippen LogP contribution in [-0.2, 0) is 12.7 Å². The summed E-state index contributed by atoms with van der Waals surface area (Å²) in [5.74, 6) is 0. The van der Waals surface area contributed by atoms with E-state index < -0.39 is 17.8 Å². The topological polar surface area (TPSA) is 67.1 Å². The molecule has 0 saturated heterocycles. The number of alkyl halides is 3. The minimum absolute atomic E-state index is 0.00394. The van der Waals surface area contributed by atoms with E-state index in [2.05, 4.69) is 10.6 Å². The number of rotatable bonds is 3. The minimum atomic E-state index is -4.49. The summed E-state index contributed by atoms with van der Waals surface area (Å²) >= 11 is 0. The first-order valence-corrected chi connectivity index (χ1v) is 6.88. The number of halogens is 3. The fraction of sp³-hybridized carbons (Fsp3) is 0.500. The number of benzene rings is 1. The molecule has 0 aliphatic heterocycles. The zero-order valence-electron chi connectivity index (χ0n) is 11.5. The van der Waals surface area contributed by atoms with E-state index in [-0.39, 0.29) is 23.8 Å². The van der Waals surface area contributed by atoms with Crippen molar-refractivity contribution in [1.82, 2.24) is 5.32 Å². The van der Waals surface area contributed by atoms with Crippen molar-refractivity contribution in [3.63, 3.8) is 0 Å². The summed E-state index contributed by atoms with van der Waals surface area (Å²) in [4.78, 5) is 11.8. The molecule has 1 aliphatic carbocycles. The fourth-order valence-electron chi connectivity index (χ4n) is 2.52. The van der Waals surface area contributed by atoms with Gasteiger partial charge in [0.15, 0.2) is 0 Å². The van der Waals surface area contributed by atoms with Gasteiger partial charge in [-0.2, -0.15) is 13.2 Å². The molecule has 21 heavy (non-hydrogen) atoms. The fourth-order valence-corrected chi connectivity index (χ4v) is 2.52. The molecule has 1 fully saturated rings. The Morgan fingerprint density at radius 2 is 1.95 bits per heavy atom. The zero-order chi connectivity index (χ0) is 15.5. The quantitative estimate of drug-likeness (QED) is 0.802. The number of anilines is 1. The van der Waals surface area contributed by atoms with Crippen molar-refractivity contribution in [1.29, 1.82) is 0 Å². The Morgan fingerprint density at radius 1 is 1.29 bits per heavy atom. The highest BCUT2D eigenvalue weighted by molar-refractivity contribution is 5.89. The lowest BCUT2D eigenvalue weighted by Crippen LogP contribution is -2.36. The normalized spacial score (nSPS) is 16.0. The van der Waals surface area contributed by atoms with E-state index >= 15 is 0 Å². The standard InChI is InChI=1S/C14H18F3N3O/c15-14(16,17)12-7-11(6-5-9(12)8-18)20-13(21)19-10-3-1-2-4-10/h5-7,10H,1-4,8,18H2,(H2,19,20,21). The number of nitrogens with one attached hydrogen (secondary N) is 2. The third-order valence-corrected chi connectivity index (χ3v) is 3.58. The summed E-state index contributed by atoms with van der Waals surface area (Å²) in [6.07, 6.45) is -0.544. The molecular weight excluding hydrogens is 283 g/mol. The van der Waals surface area contributed by atoms with Gasteiger partial charge in [-0.15, -0.1) is 0 Å². The predicted molar refractivity (Wildman–Crippen MR) is 73.7 cm³/mol. The van der Waals surface area contributed by atoms with Gasteiger partial charge in [-0.3, -0.25) is 0 Å². The van der Waals surface area contributed by atoms with Crippen LogP contribution in [0.15, 0.2) is 18.2 Å². The molecule has 0 unspecified atom stereocenters. The van der Waals surface area contributed by atoms with Crippen LogP contribution in [0.5, 0.6) is 0 Å². The molecule has 1 aliphatic rings. The Labute approximate surface area is 120 Å². The summed E-state index contributed by atoms with van der Waals surface area (Å²) < 4.78 is 38.7. The summed E-state index contributed by atoms with van der Waals surface area (Å²) in [5, 5.41) is 5.20. The van der Waals surface area contributed by atoms with Gasteiger partial charge in [0, 0.05) is 18.3 Å². The molecule has 1 aromatic carbocycles. The van der Waals surface area contributed by atoms with Crippen LogP contribution < -0.4 is 16.4 Å². The first-order chi connectivity index (χ1) is 9.90. The van der Waals surface area contributed by atoms with Gasteiger partial charge >= 0.3 is 12.2 Å². The first kappa shape index (κ1) is 15.6. The van der Waals surface area contributed by atoms with Crippen LogP contribution in [0, 0.1) is 0 Å². The van der Waals surface area contributed by atoms with Gasteiger partial charge in [0.05, 0.1) is 5.56 Å². The Morgan fingerprint density at radius 3 is 2.52 bits per heavy atom. The molecule has 0 spiro atoms. The molecule has 0 heterocycles. The monoisotopic (exact) mass is 301 g/mol. The van der Waals surface area contributed by atoms with E-state index in [4.69, 9.17) is 5.73 Å². The average Bonchev–Trinajstić information content (AvgIpc) is 2.90. The van der Waals surface area contributed by atoms with E-state index in [1.54, 1.807) is 0 Å². The second-order valence-corrected chi connectivity index (χ2v) is 5.15. The molecule has 4 N–H and O–H groups in total. The summed E-state index contributed by atoms with van der Waals surface area (Å²) in [5.41, 5.74) is 4.60. The summed E-state index contributed by atoms with van der Waals surface area (Å²) in [6, 6.07) is 3.25. The third-order valence-electron chi connectivity index (χ3n) is 3.58. The number of nitrogens with two attached hydrogens (primary N) is 1. The molecule has 2 rings (SSSR count). The van der Waals surface area contributed by atoms with Crippen molar-refractivity contribution in [2.24, 2.45) is 5.73 Å².